The Balaban J connectivity index is 1.86. The lowest BCUT2D eigenvalue weighted by Crippen LogP contribution is -2.11. The summed E-state index contributed by atoms with van der Waals surface area (Å²) in [5, 5.41) is 13.8. The molecule has 3 nitrogen and oxygen atoms in total. The van der Waals surface area contributed by atoms with Gasteiger partial charge < -0.3 is 10.4 Å². The van der Waals surface area contributed by atoms with Crippen molar-refractivity contribution in [3.63, 3.8) is 0 Å². The molecule has 2 aromatic rings. The van der Waals surface area contributed by atoms with Gasteiger partial charge in [0, 0.05) is 29.6 Å². The lowest BCUT2D eigenvalue weighted by molar-refractivity contribution is 0.475. The van der Waals surface area contributed by atoms with Gasteiger partial charge in [-0.1, -0.05) is 32.9 Å². The van der Waals surface area contributed by atoms with Crippen LogP contribution in [0, 0.1) is 0 Å². The summed E-state index contributed by atoms with van der Waals surface area (Å²) in [6.45, 7) is 8.16. The molecule has 1 heterocycles. The average molecular weight is 276 g/mol. The lowest BCUT2D eigenvalue weighted by Gasteiger charge is -2.13. The molecule has 0 amide bonds. The van der Waals surface area contributed by atoms with Gasteiger partial charge in [0.2, 0.25) is 0 Å². The van der Waals surface area contributed by atoms with Crippen molar-refractivity contribution in [1.29, 1.82) is 0 Å². The number of nitrogens with zero attached hydrogens (tertiary/aromatic N) is 1. The molecule has 2 N–H and O–H groups in total. The van der Waals surface area contributed by atoms with Gasteiger partial charge in [-0.05, 0) is 17.7 Å². The molecule has 0 spiro atoms. The molecule has 2 rings (SSSR count). The van der Waals surface area contributed by atoms with Crippen molar-refractivity contribution in [2.24, 2.45) is 0 Å². The van der Waals surface area contributed by atoms with Gasteiger partial charge in [-0.3, -0.25) is 0 Å². The zero-order valence-corrected chi connectivity index (χ0v) is 12.4. The first kappa shape index (κ1) is 14.0. The first-order valence-corrected chi connectivity index (χ1v) is 7.20. The number of thiazole rings is 1. The van der Waals surface area contributed by atoms with Crippen LogP contribution in [0.15, 0.2) is 30.5 Å². The second-order valence-electron chi connectivity index (χ2n) is 5.65. The minimum atomic E-state index is 0.125. The van der Waals surface area contributed by atoms with Crippen molar-refractivity contribution >= 4 is 11.3 Å². The molecule has 0 unspecified atom stereocenters. The van der Waals surface area contributed by atoms with Crippen LogP contribution in [0.5, 0.6) is 5.75 Å². The molecule has 0 aliphatic rings. The molecule has 0 fully saturated rings. The normalized spacial score (nSPS) is 11.7. The van der Waals surface area contributed by atoms with E-state index in [4.69, 9.17) is 0 Å². The van der Waals surface area contributed by atoms with E-state index in [0.29, 0.717) is 5.75 Å². The van der Waals surface area contributed by atoms with Crippen LogP contribution in [0.1, 0.15) is 36.2 Å². The SMILES string of the molecule is CC(C)(C)c1ncc(CNCc2ccc(O)cc2)s1. The molecule has 0 radical (unpaired) electrons. The van der Waals surface area contributed by atoms with Crippen LogP contribution in [0.25, 0.3) is 0 Å². The van der Waals surface area contributed by atoms with E-state index in [1.54, 1.807) is 23.5 Å². The van der Waals surface area contributed by atoms with Gasteiger partial charge in [-0.25, -0.2) is 4.98 Å². The van der Waals surface area contributed by atoms with Gasteiger partial charge in [-0.2, -0.15) is 0 Å². The zero-order chi connectivity index (χ0) is 13.9. The van der Waals surface area contributed by atoms with Crippen molar-refractivity contribution in [2.75, 3.05) is 0 Å². The van der Waals surface area contributed by atoms with Crippen molar-refractivity contribution in [1.82, 2.24) is 10.3 Å². The molecule has 0 saturated carbocycles. The maximum Gasteiger partial charge on any atom is 0.115 e. The summed E-state index contributed by atoms with van der Waals surface area (Å²) in [4.78, 5) is 5.72. The molecule has 1 aromatic heterocycles. The minimum absolute atomic E-state index is 0.125. The predicted octanol–water partition coefficient (Wildman–Crippen LogP) is 3.44. The molecule has 102 valence electrons. The third kappa shape index (κ3) is 4.04. The molecule has 19 heavy (non-hydrogen) atoms. The molecule has 0 aliphatic heterocycles. The number of hydrogen-bond donors (Lipinski definition) is 2. The second kappa shape index (κ2) is 5.72. The molecule has 0 bridgehead atoms. The minimum Gasteiger partial charge on any atom is -0.508 e. The first-order chi connectivity index (χ1) is 8.95. The number of phenols is 1. The highest BCUT2D eigenvalue weighted by atomic mass is 32.1. The van der Waals surface area contributed by atoms with E-state index in [-0.39, 0.29) is 5.41 Å². The van der Waals surface area contributed by atoms with E-state index in [1.807, 2.05) is 18.3 Å². The second-order valence-corrected chi connectivity index (χ2v) is 6.77. The fourth-order valence-corrected chi connectivity index (χ4v) is 2.62. The maximum absolute atomic E-state index is 9.21. The molecule has 4 heteroatoms. The molecule has 1 aromatic carbocycles. The molecule has 0 saturated heterocycles. The van der Waals surface area contributed by atoms with E-state index >= 15 is 0 Å². The van der Waals surface area contributed by atoms with Crippen LogP contribution in [0.2, 0.25) is 0 Å². The molecule has 0 aliphatic carbocycles. The monoisotopic (exact) mass is 276 g/mol. The van der Waals surface area contributed by atoms with Gasteiger partial charge in [0.15, 0.2) is 0 Å². The number of nitrogens with one attached hydrogen (secondary N) is 1. The summed E-state index contributed by atoms with van der Waals surface area (Å²) in [7, 11) is 0. The molecular formula is C15H20N2OS. The van der Waals surface area contributed by atoms with Crippen LogP contribution in [-0.4, -0.2) is 10.1 Å². The largest absolute Gasteiger partial charge is 0.508 e. The number of rotatable bonds is 4. The average Bonchev–Trinajstić information content (AvgIpc) is 2.80. The summed E-state index contributed by atoms with van der Waals surface area (Å²) in [5.74, 6) is 0.307. The van der Waals surface area contributed by atoms with Gasteiger partial charge in [0.25, 0.3) is 0 Å². The number of phenolic OH excluding ortho intramolecular Hbond substituents is 1. The summed E-state index contributed by atoms with van der Waals surface area (Å²) in [6.07, 6.45) is 1.95. The smallest absolute Gasteiger partial charge is 0.115 e. The number of aromatic hydroxyl groups is 1. The molecule has 0 atom stereocenters. The Kier molecular flexibility index (Phi) is 4.22. The summed E-state index contributed by atoms with van der Waals surface area (Å²) in [5.41, 5.74) is 1.29. The Morgan fingerprint density at radius 3 is 2.42 bits per heavy atom. The topological polar surface area (TPSA) is 45.2 Å². The quantitative estimate of drug-likeness (QED) is 0.899. The Morgan fingerprint density at radius 1 is 1.16 bits per heavy atom. The molecular weight excluding hydrogens is 256 g/mol. The van der Waals surface area contributed by atoms with Gasteiger partial charge in [0.05, 0.1) is 5.01 Å². The number of aromatic nitrogens is 1. The van der Waals surface area contributed by atoms with Crippen molar-refractivity contribution in [3.05, 3.63) is 45.9 Å². The van der Waals surface area contributed by atoms with Crippen LogP contribution < -0.4 is 5.32 Å². The van der Waals surface area contributed by atoms with Gasteiger partial charge >= 0.3 is 0 Å². The van der Waals surface area contributed by atoms with Crippen LogP contribution >= 0.6 is 11.3 Å². The number of hydrogen-bond acceptors (Lipinski definition) is 4. The highest BCUT2D eigenvalue weighted by molar-refractivity contribution is 7.11. The Bertz CT molecular complexity index is 526. The van der Waals surface area contributed by atoms with E-state index in [9.17, 15) is 5.11 Å². The maximum atomic E-state index is 9.21. The van der Waals surface area contributed by atoms with Crippen molar-refractivity contribution < 1.29 is 5.11 Å². The predicted molar refractivity (Wildman–Crippen MR) is 79.5 cm³/mol. The summed E-state index contributed by atoms with van der Waals surface area (Å²) in [6, 6.07) is 7.27. The van der Waals surface area contributed by atoms with Crippen LogP contribution in [0.4, 0.5) is 0 Å². The fraction of sp³-hybridized carbons (Fsp3) is 0.400. The standard InChI is InChI=1S/C15H20N2OS/c1-15(2,3)14-17-10-13(19-14)9-16-8-11-4-6-12(18)7-5-11/h4-7,10,16,18H,8-9H2,1-3H3. The highest BCUT2D eigenvalue weighted by Gasteiger charge is 2.17. The lowest BCUT2D eigenvalue weighted by atomic mass is 9.98. The fourth-order valence-electron chi connectivity index (χ4n) is 1.68. The summed E-state index contributed by atoms with van der Waals surface area (Å²) < 4.78 is 0. The Labute approximate surface area is 118 Å². The van der Waals surface area contributed by atoms with Crippen LogP contribution in [0.3, 0.4) is 0 Å². The van der Waals surface area contributed by atoms with Gasteiger partial charge in [-0.15, -0.1) is 11.3 Å². The first-order valence-electron chi connectivity index (χ1n) is 6.39. The highest BCUT2D eigenvalue weighted by Crippen LogP contribution is 2.26. The van der Waals surface area contributed by atoms with E-state index in [1.165, 1.54) is 15.4 Å². The van der Waals surface area contributed by atoms with E-state index in [0.717, 1.165) is 13.1 Å². The zero-order valence-electron chi connectivity index (χ0n) is 11.6. The van der Waals surface area contributed by atoms with Crippen molar-refractivity contribution in [2.45, 2.75) is 39.3 Å². The third-order valence-electron chi connectivity index (χ3n) is 2.76. The Hall–Kier alpha value is -1.39. The Morgan fingerprint density at radius 2 is 1.84 bits per heavy atom. The van der Waals surface area contributed by atoms with E-state index < -0.39 is 0 Å². The van der Waals surface area contributed by atoms with Gasteiger partial charge in [0.1, 0.15) is 5.75 Å². The summed E-state index contributed by atoms with van der Waals surface area (Å²) >= 11 is 1.76. The van der Waals surface area contributed by atoms with E-state index in [2.05, 4.69) is 31.1 Å². The number of benzene rings is 1. The van der Waals surface area contributed by atoms with Crippen molar-refractivity contribution in [3.8, 4) is 5.75 Å². The third-order valence-corrected chi connectivity index (χ3v) is 4.18. The van der Waals surface area contributed by atoms with Crippen LogP contribution in [-0.2, 0) is 18.5 Å².